The number of carbonyl (C=O) groups is 1. The first-order valence-corrected chi connectivity index (χ1v) is 8.22. The molecule has 1 aliphatic heterocycles. The molecule has 1 amide bonds. The summed E-state index contributed by atoms with van der Waals surface area (Å²) in [7, 11) is 0. The van der Waals surface area contributed by atoms with Crippen LogP contribution in [0.3, 0.4) is 0 Å². The van der Waals surface area contributed by atoms with Crippen molar-refractivity contribution >= 4 is 5.91 Å². The van der Waals surface area contributed by atoms with Crippen molar-refractivity contribution in [3.63, 3.8) is 0 Å². The maximum Gasteiger partial charge on any atom is 0.237 e. The topological polar surface area (TPSA) is 41.1 Å². The highest BCUT2D eigenvalue weighted by Gasteiger charge is 2.30. The van der Waals surface area contributed by atoms with Gasteiger partial charge in [0.05, 0.1) is 6.04 Å². The summed E-state index contributed by atoms with van der Waals surface area (Å²) in [6.07, 6.45) is 9.70. The summed E-state index contributed by atoms with van der Waals surface area (Å²) in [6, 6.07) is 0.462. The molecule has 0 aromatic heterocycles. The Morgan fingerprint density at radius 3 is 2.58 bits per heavy atom. The second-order valence-corrected chi connectivity index (χ2v) is 6.66. The quantitative estimate of drug-likeness (QED) is 0.824. The van der Waals surface area contributed by atoms with Gasteiger partial charge in [-0.2, -0.15) is 0 Å². The van der Waals surface area contributed by atoms with Crippen molar-refractivity contribution < 1.29 is 4.79 Å². The molecule has 1 aliphatic carbocycles. The fourth-order valence-corrected chi connectivity index (χ4v) is 3.67. The largest absolute Gasteiger partial charge is 0.352 e. The number of amides is 1. The minimum absolute atomic E-state index is 0.0530. The molecule has 0 spiro atoms. The van der Waals surface area contributed by atoms with E-state index in [0.29, 0.717) is 17.9 Å². The van der Waals surface area contributed by atoms with E-state index in [1.807, 2.05) is 0 Å². The van der Waals surface area contributed by atoms with Gasteiger partial charge in [-0.25, -0.2) is 0 Å². The number of hydrogen-bond acceptors (Lipinski definition) is 2. The number of nitrogens with one attached hydrogen (secondary N) is 2. The van der Waals surface area contributed by atoms with Crippen LogP contribution >= 0.6 is 0 Å². The Bertz CT molecular complexity index is 282. The highest BCUT2D eigenvalue weighted by Crippen LogP contribution is 2.30. The Morgan fingerprint density at radius 1 is 1.05 bits per heavy atom. The average molecular weight is 266 g/mol. The van der Waals surface area contributed by atoms with Crippen molar-refractivity contribution in [2.24, 2.45) is 11.8 Å². The Morgan fingerprint density at radius 2 is 1.79 bits per heavy atom. The van der Waals surface area contributed by atoms with Crippen LogP contribution in [-0.2, 0) is 4.79 Å². The average Bonchev–Trinajstić information content (AvgIpc) is 2.68. The van der Waals surface area contributed by atoms with Crippen LogP contribution in [0.1, 0.15) is 65.2 Å². The zero-order valence-corrected chi connectivity index (χ0v) is 12.6. The van der Waals surface area contributed by atoms with Gasteiger partial charge in [-0.1, -0.05) is 39.5 Å². The summed E-state index contributed by atoms with van der Waals surface area (Å²) in [5, 5.41) is 6.75. The van der Waals surface area contributed by atoms with E-state index in [-0.39, 0.29) is 11.9 Å². The number of rotatable bonds is 3. The van der Waals surface area contributed by atoms with Crippen LogP contribution in [0.25, 0.3) is 0 Å². The van der Waals surface area contributed by atoms with Gasteiger partial charge in [0.15, 0.2) is 0 Å². The van der Waals surface area contributed by atoms with Gasteiger partial charge in [-0.05, 0) is 44.1 Å². The van der Waals surface area contributed by atoms with Crippen molar-refractivity contribution in [2.45, 2.75) is 77.3 Å². The van der Waals surface area contributed by atoms with Gasteiger partial charge in [0.1, 0.15) is 0 Å². The molecule has 2 N–H and O–H groups in total. The molecule has 3 unspecified atom stereocenters. The predicted molar refractivity (Wildman–Crippen MR) is 79.0 cm³/mol. The van der Waals surface area contributed by atoms with Gasteiger partial charge in [0.2, 0.25) is 5.91 Å². The van der Waals surface area contributed by atoms with E-state index in [2.05, 4.69) is 24.5 Å². The summed E-state index contributed by atoms with van der Waals surface area (Å²) in [6.45, 7) is 5.58. The van der Waals surface area contributed by atoms with Crippen molar-refractivity contribution in [3.8, 4) is 0 Å². The number of carbonyl (C=O) groups excluding carboxylic acids is 1. The molecule has 2 fully saturated rings. The summed E-state index contributed by atoms with van der Waals surface area (Å²) in [5.74, 6) is 1.59. The van der Waals surface area contributed by atoms with Gasteiger partial charge in [-0.15, -0.1) is 0 Å². The molecule has 19 heavy (non-hydrogen) atoms. The lowest BCUT2D eigenvalue weighted by Crippen LogP contribution is -2.51. The van der Waals surface area contributed by atoms with Crippen LogP contribution in [0.2, 0.25) is 0 Å². The molecule has 1 saturated heterocycles. The van der Waals surface area contributed by atoms with E-state index in [4.69, 9.17) is 0 Å². The second kappa shape index (κ2) is 7.28. The lowest BCUT2D eigenvalue weighted by molar-refractivity contribution is -0.124. The summed E-state index contributed by atoms with van der Waals surface area (Å²) in [5.41, 5.74) is 0. The Hall–Kier alpha value is -0.570. The molecule has 0 aromatic rings. The molecule has 2 aliphatic rings. The minimum Gasteiger partial charge on any atom is -0.352 e. The summed E-state index contributed by atoms with van der Waals surface area (Å²) in [4.78, 5) is 12.4. The highest BCUT2D eigenvalue weighted by atomic mass is 16.2. The first-order chi connectivity index (χ1) is 9.18. The van der Waals surface area contributed by atoms with Gasteiger partial charge >= 0.3 is 0 Å². The molecular formula is C16H30N2O. The smallest absolute Gasteiger partial charge is 0.237 e. The normalized spacial score (nSPS) is 32.9. The SMILES string of the molecule is CC(C)C1CCCCC1NC(=O)C1CCCCCN1. The standard InChI is InChI=1S/C16H30N2O/c1-12(2)13-8-5-6-9-14(13)18-16(19)15-10-4-3-7-11-17-15/h12-15,17H,3-11H2,1-2H3,(H,18,19). The highest BCUT2D eigenvalue weighted by molar-refractivity contribution is 5.82. The molecule has 1 heterocycles. The molecule has 110 valence electrons. The maximum atomic E-state index is 12.4. The second-order valence-electron chi connectivity index (χ2n) is 6.66. The molecule has 3 nitrogen and oxygen atoms in total. The van der Waals surface area contributed by atoms with E-state index in [1.54, 1.807) is 0 Å². The van der Waals surface area contributed by atoms with Gasteiger partial charge in [0.25, 0.3) is 0 Å². The Labute approximate surface area is 117 Å². The van der Waals surface area contributed by atoms with Crippen LogP contribution < -0.4 is 10.6 Å². The third kappa shape index (κ3) is 4.20. The lowest BCUT2D eigenvalue weighted by atomic mass is 9.77. The molecule has 3 heteroatoms. The molecule has 0 aromatic carbocycles. The monoisotopic (exact) mass is 266 g/mol. The van der Waals surface area contributed by atoms with Crippen molar-refractivity contribution in [1.82, 2.24) is 10.6 Å². The molecular weight excluding hydrogens is 236 g/mol. The van der Waals surface area contributed by atoms with Crippen LogP contribution in [0.15, 0.2) is 0 Å². The van der Waals surface area contributed by atoms with Gasteiger partial charge in [0, 0.05) is 6.04 Å². The maximum absolute atomic E-state index is 12.4. The molecule has 1 saturated carbocycles. The van der Waals surface area contributed by atoms with Crippen LogP contribution in [0.4, 0.5) is 0 Å². The van der Waals surface area contributed by atoms with Crippen molar-refractivity contribution in [1.29, 1.82) is 0 Å². The molecule has 2 rings (SSSR count). The fraction of sp³-hybridized carbons (Fsp3) is 0.938. The van der Waals surface area contributed by atoms with Gasteiger partial charge < -0.3 is 10.6 Å². The van der Waals surface area contributed by atoms with Crippen LogP contribution in [0, 0.1) is 11.8 Å². The molecule has 0 bridgehead atoms. The van der Waals surface area contributed by atoms with E-state index in [1.165, 1.54) is 44.9 Å². The van der Waals surface area contributed by atoms with E-state index in [0.717, 1.165) is 13.0 Å². The van der Waals surface area contributed by atoms with E-state index in [9.17, 15) is 4.79 Å². The summed E-state index contributed by atoms with van der Waals surface area (Å²) >= 11 is 0. The predicted octanol–water partition coefficient (Wildman–Crippen LogP) is 2.85. The van der Waals surface area contributed by atoms with Crippen LogP contribution in [-0.4, -0.2) is 24.5 Å². The van der Waals surface area contributed by atoms with Crippen molar-refractivity contribution in [3.05, 3.63) is 0 Å². The van der Waals surface area contributed by atoms with Crippen LogP contribution in [0.5, 0.6) is 0 Å². The van der Waals surface area contributed by atoms with E-state index >= 15 is 0 Å². The zero-order chi connectivity index (χ0) is 13.7. The Balaban J connectivity index is 1.88. The molecule has 3 atom stereocenters. The van der Waals surface area contributed by atoms with Crippen molar-refractivity contribution in [2.75, 3.05) is 6.54 Å². The van der Waals surface area contributed by atoms with E-state index < -0.39 is 0 Å². The number of hydrogen-bond donors (Lipinski definition) is 2. The van der Waals surface area contributed by atoms with Gasteiger partial charge in [-0.3, -0.25) is 4.79 Å². The summed E-state index contributed by atoms with van der Waals surface area (Å²) < 4.78 is 0. The Kier molecular flexibility index (Phi) is 5.68. The minimum atomic E-state index is 0.0530. The molecule has 0 radical (unpaired) electrons. The first kappa shape index (κ1) is 14.8. The first-order valence-electron chi connectivity index (χ1n) is 8.22. The zero-order valence-electron chi connectivity index (χ0n) is 12.6. The third-order valence-electron chi connectivity index (χ3n) is 4.88. The third-order valence-corrected chi connectivity index (χ3v) is 4.88. The lowest BCUT2D eigenvalue weighted by Gasteiger charge is -2.35. The fourth-order valence-electron chi connectivity index (χ4n) is 3.67.